The van der Waals surface area contributed by atoms with Gasteiger partial charge in [0, 0.05) is 24.8 Å². The minimum atomic E-state index is -0.637. The highest BCUT2D eigenvalue weighted by Crippen LogP contribution is 2.17. The Morgan fingerprint density at radius 2 is 1.52 bits per heavy atom. The summed E-state index contributed by atoms with van der Waals surface area (Å²) in [5.41, 5.74) is 7.68. The van der Waals surface area contributed by atoms with Crippen molar-refractivity contribution in [1.82, 2.24) is 10.2 Å². The van der Waals surface area contributed by atoms with E-state index in [0.717, 1.165) is 24.1 Å². The molecule has 1 aliphatic rings. The van der Waals surface area contributed by atoms with Crippen molar-refractivity contribution in [2.45, 2.75) is 24.9 Å². The molecule has 2 aromatic rings. The van der Waals surface area contributed by atoms with Gasteiger partial charge < -0.3 is 21.3 Å². The Kier molecular flexibility index (Phi) is 7.64. The minimum absolute atomic E-state index is 0. The number of hydrogen-bond acceptors (Lipinski definition) is 3. The van der Waals surface area contributed by atoms with Crippen LogP contribution in [-0.4, -0.2) is 36.0 Å². The average Bonchev–Trinajstić information content (AvgIpc) is 2.69. The van der Waals surface area contributed by atoms with Gasteiger partial charge in [0.1, 0.15) is 6.04 Å². The third kappa shape index (κ3) is 5.70. The predicted molar refractivity (Wildman–Crippen MR) is 109 cm³/mol. The van der Waals surface area contributed by atoms with Gasteiger partial charge in [-0.3, -0.25) is 4.79 Å². The van der Waals surface area contributed by atoms with Crippen LogP contribution in [0.1, 0.15) is 24.4 Å². The Morgan fingerprint density at radius 3 is 2.11 bits per heavy atom. The van der Waals surface area contributed by atoms with Crippen LogP contribution in [0.4, 0.5) is 10.5 Å². The van der Waals surface area contributed by atoms with Gasteiger partial charge in [-0.25, -0.2) is 4.79 Å². The standard InChI is InChI=1S/C20H24N4O2.ClH/c21-18(15-7-3-1-4-8-15)19(25)24-13-11-17(12-14-24)23-20(26)22-16-9-5-2-6-10-16;/h1-10,17-18H,11-14,21H2,(H2,22,23,26);1H. The van der Waals surface area contributed by atoms with Crippen molar-refractivity contribution in [3.8, 4) is 0 Å². The predicted octanol–water partition coefficient (Wildman–Crippen LogP) is 2.92. The van der Waals surface area contributed by atoms with Crippen LogP contribution in [0.25, 0.3) is 0 Å². The zero-order chi connectivity index (χ0) is 18.4. The molecule has 1 atom stereocenters. The smallest absolute Gasteiger partial charge is 0.319 e. The highest BCUT2D eigenvalue weighted by atomic mass is 35.5. The molecule has 0 spiro atoms. The molecule has 0 aromatic heterocycles. The molecule has 3 rings (SSSR count). The molecule has 4 N–H and O–H groups in total. The van der Waals surface area contributed by atoms with Crippen molar-refractivity contribution < 1.29 is 9.59 Å². The SMILES string of the molecule is Cl.NC(C(=O)N1CCC(NC(=O)Nc2ccccc2)CC1)c1ccccc1. The summed E-state index contributed by atoms with van der Waals surface area (Å²) in [4.78, 5) is 26.4. The lowest BCUT2D eigenvalue weighted by Gasteiger charge is -2.33. The van der Waals surface area contributed by atoms with Crippen LogP contribution < -0.4 is 16.4 Å². The zero-order valence-corrected chi connectivity index (χ0v) is 15.8. The molecule has 2 aromatic carbocycles. The number of amides is 3. The Bertz CT molecular complexity index is 734. The monoisotopic (exact) mass is 388 g/mol. The second kappa shape index (κ2) is 9.94. The highest BCUT2D eigenvalue weighted by Gasteiger charge is 2.27. The molecular formula is C20H25ClN4O2. The van der Waals surface area contributed by atoms with E-state index in [2.05, 4.69) is 10.6 Å². The first-order chi connectivity index (χ1) is 12.6. The molecule has 1 heterocycles. The first kappa shape index (κ1) is 20.7. The van der Waals surface area contributed by atoms with E-state index < -0.39 is 6.04 Å². The van der Waals surface area contributed by atoms with Gasteiger partial charge in [0.25, 0.3) is 0 Å². The Labute approximate surface area is 165 Å². The van der Waals surface area contributed by atoms with Crippen molar-refractivity contribution in [2.75, 3.05) is 18.4 Å². The van der Waals surface area contributed by atoms with Gasteiger partial charge in [-0.15, -0.1) is 12.4 Å². The van der Waals surface area contributed by atoms with Crippen molar-refractivity contribution in [3.05, 3.63) is 66.2 Å². The third-order valence-corrected chi connectivity index (χ3v) is 4.60. The van der Waals surface area contributed by atoms with E-state index in [1.807, 2.05) is 60.7 Å². The van der Waals surface area contributed by atoms with Crippen LogP contribution in [0.2, 0.25) is 0 Å². The van der Waals surface area contributed by atoms with Crippen LogP contribution >= 0.6 is 12.4 Å². The van der Waals surface area contributed by atoms with E-state index in [9.17, 15) is 9.59 Å². The molecule has 6 nitrogen and oxygen atoms in total. The van der Waals surface area contributed by atoms with Crippen LogP contribution in [0, 0.1) is 0 Å². The maximum Gasteiger partial charge on any atom is 0.319 e. The number of piperidine rings is 1. The van der Waals surface area contributed by atoms with Gasteiger partial charge in [-0.05, 0) is 30.5 Å². The average molecular weight is 389 g/mol. The lowest BCUT2D eigenvalue weighted by Crippen LogP contribution is -2.49. The van der Waals surface area contributed by atoms with Gasteiger partial charge in [-0.1, -0.05) is 48.5 Å². The molecule has 1 fully saturated rings. The van der Waals surface area contributed by atoms with Gasteiger partial charge in [0.2, 0.25) is 5.91 Å². The van der Waals surface area contributed by atoms with Gasteiger partial charge in [-0.2, -0.15) is 0 Å². The molecule has 0 bridgehead atoms. The van der Waals surface area contributed by atoms with E-state index >= 15 is 0 Å². The van der Waals surface area contributed by atoms with Gasteiger partial charge in [0.05, 0.1) is 0 Å². The lowest BCUT2D eigenvalue weighted by atomic mass is 10.0. The zero-order valence-electron chi connectivity index (χ0n) is 15.0. The number of urea groups is 1. The van der Waals surface area contributed by atoms with Crippen molar-refractivity contribution in [2.24, 2.45) is 5.73 Å². The molecule has 0 aliphatic carbocycles. The summed E-state index contributed by atoms with van der Waals surface area (Å²) < 4.78 is 0. The number of nitrogens with zero attached hydrogens (tertiary/aromatic N) is 1. The molecular weight excluding hydrogens is 364 g/mol. The Hall–Kier alpha value is -2.57. The number of carbonyl (C=O) groups is 2. The molecule has 0 radical (unpaired) electrons. The maximum absolute atomic E-state index is 12.6. The molecule has 1 aliphatic heterocycles. The third-order valence-electron chi connectivity index (χ3n) is 4.60. The van der Waals surface area contributed by atoms with E-state index in [1.54, 1.807) is 4.90 Å². The minimum Gasteiger partial charge on any atom is -0.341 e. The number of nitrogens with two attached hydrogens (primary N) is 1. The van der Waals surface area contributed by atoms with Gasteiger partial charge in [0.15, 0.2) is 0 Å². The number of halogens is 1. The molecule has 1 saturated heterocycles. The number of anilines is 1. The molecule has 1 unspecified atom stereocenters. The van der Waals surface area contributed by atoms with Crippen LogP contribution in [-0.2, 0) is 4.79 Å². The fraction of sp³-hybridized carbons (Fsp3) is 0.300. The van der Waals surface area contributed by atoms with E-state index in [1.165, 1.54) is 0 Å². The Morgan fingerprint density at radius 1 is 0.963 bits per heavy atom. The van der Waals surface area contributed by atoms with Crippen molar-refractivity contribution in [3.63, 3.8) is 0 Å². The maximum atomic E-state index is 12.6. The second-order valence-electron chi connectivity index (χ2n) is 6.45. The van der Waals surface area contributed by atoms with Crippen LogP contribution in [0.3, 0.4) is 0 Å². The number of hydrogen-bond donors (Lipinski definition) is 3. The quantitative estimate of drug-likeness (QED) is 0.752. The first-order valence-electron chi connectivity index (χ1n) is 8.85. The summed E-state index contributed by atoms with van der Waals surface area (Å²) in [7, 11) is 0. The van der Waals surface area contributed by atoms with Crippen LogP contribution in [0.5, 0.6) is 0 Å². The van der Waals surface area contributed by atoms with Crippen LogP contribution in [0.15, 0.2) is 60.7 Å². The van der Waals surface area contributed by atoms with E-state index in [-0.39, 0.29) is 30.4 Å². The lowest BCUT2D eigenvalue weighted by molar-refractivity contribution is -0.133. The fourth-order valence-electron chi connectivity index (χ4n) is 3.12. The van der Waals surface area contributed by atoms with Crippen molar-refractivity contribution >= 4 is 30.0 Å². The topological polar surface area (TPSA) is 87.5 Å². The van der Waals surface area contributed by atoms with Gasteiger partial charge >= 0.3 is 6.03 Å². The number of para-hydroxylation sites is 1. The summed E-state index contributed by atoms with van der Waals surface area (Å²) in [5.74, 6) is -0.0663. The number of nitrogens with one attached hydrogen (secondary N) is 2. The molecule has 0 saturated carbocycles. The Balaban J connectivity index is 0.00000261. The summed E-state index contributed by atoms with van der Waals surface area (Å²) in [6.45, 7) is 1.19. The summed E-state index contributed by atoms with van der Waals surface area (Å²) in [5, 5.41) is 5.78. The summed E-state index contributed by atoms with van der Waals surface area (Å²) >= 11 is 0. The molecule has 7 heteroatoms. The second-order valence-corrected chi connectivity index (χ2v) is 6.45. The number of rotatable bonds is 4. The number of likely N-dealkylation sites (tertiary alicyclic amines) is 1. The largest absolute Gasteiger partial charge is 0.341 e. The van der Waals surface area contributed by atoms with E-state index in [0.29, 0.717) is 13.1 Å². The summed E-state index contributed by atoms with van der Waals surface area (Å²) in [6, 6.07) is 17.9. The highest BCUT2D eigenvalue weighted by molar-refractivity contribution is 5.89. The number of carbonyl (C=O) groups excluding carboxylic acids is 2. The first-order valence-corrected chi connectivity index (χ1v) is 8.85. The normalized spacial score (nSPS) is 15.4. The molecule has 3 amide bonds. The van der Waals surface area contributed by atoms with Crippen molar-refractivity contribution in [1.29, 1.82) is 0 Å². The summed E-state index contributed by atoms with van der Waals surface area (Å²) in [6.07, 6.45) is 1.44. The molecule has 27 heavy (non-hydrogen) atoms. The molecule has 144 valence electrons. The number of benzene rings is 2. The van der Waals surface area contributed by atoms with E-state index in [4.69, 9.17) is 5.73 Å². The fourth-order valence-corrected chi connectivity index (χ4v) is 3.12.